The molecule has 0 aliphatic carbocycles. The van der Waals surface area contributed by atoms with Crippen LogP contribution in [0.1, 0.15) is 96.8 Å². The highest BCUT2D eigenvalue weighted by atomic mass is 16.5. The van der Waals surface area contributed by atoms with Gasteiger partial charge in [-0.05, 0) is 32.1 Å². The maximum atomic E-state index is 11.7. The highest BCUT2D eigenvalue weighted by molar-refractivity contribution is 5.75. The van der Waals surface area contributed by atoms with Gasteiger partial charge in [-0.15, -0.1) is 0 Å². The standard InChI is InChI=1S/C23H45NO4/c1-2-3-4-5-6-7-8-9-10-11-12-13-14-15-16-17-23(27)24-18-19-28-21-22(26)20-25/h9-10,22,25-26H,2-8,11-21H2,1H3,(H,24,27)/b10-9-. The number of nitrogens with one attached hydrogen (secondary N) is 1. The number of hydrogen-bond acceptors (Lipinski definition) is 4. The number of aliphatic hydroxyl groups excluding tert-OH is 2. The fourth-order valence-electron chi connectivity index (χ4n) is 2.98. The first-order chi connectivity index (χ1) is 13.7. The van der Waals surface area contributed by atoms with Crippen molar-refractivity contribution in [1.29, 1.82) is 0 Å². The Morgan fingerprint density at radius 1 is 0.929 bits per heavy atom. The van der Waals surface area contributed by atoms with Crippen LogP contribution >= 0.6 is 0 Å². The van der Waals surface area contributed by atoms with Crippen molar-refractivity contribution in [2.24, 2.45) is 0 Å². The van der Waals surface area contributed by atoms with Crippen LogP contribution in [0.25, 0.3) is 0 Å². The van der Waals surface area contributed by atoms with E-state index in [0.717, 1.165) is 12.8 Å². The quantitative estimate of drug-likeness (QED) is 0.196. The summed E-state index contributed by atoms with van der Waals surface area (Å²) < 4.78 is 5.14. The largest absolute Gasteiger partial charge is 0.394 e. The zero-order valence-corrected chi connectivity index (χ0v) is 18.2. The normalized spacial score (nSPS) is 12.5. The van der Waals surface area contributed by atoms with E-state index in [2.05, 4.69) is 24.4 Å². The maximum absolute atomic E-state index is 11.7. The smallest absolute Gasteiger partial charge is 0.220 e. The van der Waals surface area contributed by atoms with Crippen molar-refractivity contribution in [3.63, 3.8) is 0 Å². The van der Waals surface area contributed by atoms with E-state index < -0.39 is 6.10 Å². The second-order valence-corrected chi connectivity index (χ2v) is 7.60. The molecule has 1 amide bonds. The fourth-order valence-corrected chi connectivity index (χ4v) is 2.98. The molecule has 0 aromatic carbocycles. The van der Waals surface area contributed by atoms with Gasteiger partial charge in [-0.3, -0.25) is 4.79 Å². The predicted octanol–water partition coefficient (Wildman–Crippen LogP) is 4.51. The van der Waals surface area contributed by atoms with Gasteiger partial charge in [0.1, 0.15) is 6.10 Å². The summed E-state index contributed by atoms with van der Waals surface area (Å²) in [4.78, 5) is 11.7. The number of carbonyl (C=O) groups excluding carboxylic acids is 1. The van der Waals surface area contributed by atoms with Gasteiger partial charge in [-0.25, -0.2) is 0 Å². The molecule has 5 heteroatoms. The predicted molar refractivity (Wildman–Crippen MR) is 116 cm³/mol. The molecule has 1 atom stereocenters. The number of unbranched alkanes of at least 4 members (excludes halogenated alkanes) is 11. The van der Waals surface area contributed by atoms with Gasteiger partial charge in [0, 0.05) is 13.0 Å². The summed E-state index contributed by atoms with van der Waals surface area (Å²) in [5, 5.41) is 20.5. The Hall–Kier alpha value is -0.910. The summed E-state index contributed by atoms with van der Waals surface area (Å²) in [6, 6.07) is 0. The number of hydrogen-bond donors (Lipinski definition) is 3. The molecule has 0 bridgehead atoms. The Balaban J connectivity index is 3.23. The minimum absolute atomic E-state index is 0.0592. The van der Waals surface area contributed by atoms with E-state index in [1.807, 2.05) is 0 Å². The molecule has 5 nitrogen and oxygen atoms in total. The lowest BCUT2D eigenvalue weighted by molar-refractivity contribution is -0.121. The molecule has 0 rings (SSSR count). The molecule has 0 fully saturated rings. The molecule has 0 radical (unpaired) electrons. The zero-order chi connectivity index (χ0) is 20.7. The molecule has 0 heterocycles. The number of carbonyl (C=O) groups is 1. The van der Waals surface area contributed by atoms with Gasteiger partial charge in [-0.1, -0.05) is 70.4 Å². The maximum Gasteiger partial charge on any atom is 0.220 e. The van der Waals surface area contributed by atoms with Gasteiger partial charge in [0.25, 0.3) is 0 Å². The van der Waals surface area contributed by atoms with E-state index in [-0.39, 0.29) is 19.1 Å². The van der Waals surface area contributed by atoms with Crippen molar-refractivity contribution in [3.05, 3.63) is 12.2 Å². The van der Waals surface area contributed by atoms with Gasteiger partial charge >= 0.3 is 0 Å². The van der Waals surface area contributed by atoms with Crippen molar-refractivity contribution in [3.8, 4) is 0 Å². The van der Waals surface area contributed by atoms with Crippen LogP contribution in [-0.4, -0.2) is 48.6 Å². The van der Waals surface area contributed by atoms with Crippen molar-refractivity contribution >= 4 is 5.91 Å². The van der Waals surface area contributed by atoms with Gasteiger partial charge in [0.05, 0.1) is 19.8 Å². The molecule has 0 aliphatic rings. The number of rotatable bonds is 21. The van der Waals surface area contributed by atoms with Crippen LogP contribution in [0, 0.1) is 0 Å². The summed E-state index contributed by atoms with van der Waals surface area (Å²) in [6.45, 7) is 2.86. The van der Waals surface area contributed by atoms with Gasteiger partial charge in [0.15, 0.2) is 0 Å². The molecule has 0 aromatic heterocycles. The molecule has 0 aromatic rings. The summed E-state index contributed by atoms with van der Waals surface area (Å²) in [7, 11) is 0. The molecular formula is C23H45NO4. The molecule has 1 unspecified atom stereocenters. The van der Waals surface area contributed by atoms with Gasteiger partial charge < -0.3 is 20.3 Å². The molecule has 166 valence electrons. The van der Waals surface area contributed by atoms with Crippen molar-refractivity contribution < 1.29 is 19.7 Å². The average molecular weight is 400 g/mol. The van der Waals surface area contributed by atoms with E-state index in [4.69, 9.17) is 14.9 Å². The van der Waals surface area contributed by atoms with E-state index in [1.165, 1.54) is 70.6 Å². The summed E-state index contributed by atoms with van der Waals surface area (Å²) in [6.07, 6.45) is 20.7. The SMILES string of the molecule is CCCCCCCC/C=C\CCCCCCCC(=O)NCCOCC(O)CO. The molecule has 3 N–H and O–H groups in total. The van der Waals surface area contributed by atoms with Crippen LogP contribution in [0.4, 0.5) is 0 Å². The third-order valence-electron chi connectivity index (χ3n) is 4.76. The minimum atomic E-state index is -0.841. The lowest BCUT2D eigenvalue weighted by Crippen LogP contribution is -2.28. The number of ether oxygens (including phenoxy) is 1. The lowest BCUT2D eigenvalue weighted by Gasteiger charge is -2.09. The van der Waals surface area contributed by atoms with Crippen LogP contribution in [0.15, 0.2) is 12.2 Å². The van der Waals surface area contributed by atoms with Gasteiger partial charge in [0.2, 0.25) is 5.91 Å². The summed E-state index contributed by atoms with van der Waals surface area (Å²) >= 11 is 0. The Morgan fingerprint density at radius 3 is 2.11 bits per heavy atom. The average Bonchev–Trinajstić information content (AvgIpc) is 2.70. The second-order valence-electron chi connectivity index (χ2n) is 7.60. The first-order valence-electron chi connectivity index (χ1n) is 11.5. The van der Waals surface area contributed by atoms with E-state index >= 15 is 0 Å². The zero-order valence-electron chi connectivity index (χ0n) is 18.2. The molecule has 28 heavy (non-hydrogen) atoms. The van der Waals surface area contributed by atoms with Crippen LogP contribution in [-0.2, 0) is 9.53 Å². The highest BCUT2D eigenvalue weighted by Crippen LogP contribution is 2.09. The molecule has 0 aliphatic heterocycles. The van der Waals surface area contributed by atoms with E-state index in [9.17, 15) is 4.79 Å². The Morgan fingerprint density at radius 2 is 1.50 bits per heavy atom. The van der Waals surface area contributed by atoms with E-state index in [1.54, 1.807) is 0 Å². The monoisotopic (exact) mass is 399 g/mol. The Kier molecular flexibility index (Phi) is 21.7. The van der Waals surface area contributed by atoms with Crippen LogP contribution in [0.2, 0.25) is 0 Å². The first kappa shape index (κ1) is 27.1. The van der Waals surface area contributed by atoms with E-state index in [0.29, 0.717) is 19.6 Å². The van der Waals surface area contributed by atoms with Crippen molar-refractivity contribution in [1.82, 2.24) is 5.32 Å². The third-order valence-corrected chi connectivity index (χ3v) is 4.76. The highest BCUT2D eigenvalue weighted by Gasteiger charge is 2.03. The molecule has 0 saturated carbocycles. The Labute approximate surface area is 172 Å². The van der Waals surface area contributed by atoms with Crippen molar-refractivity contribution in [2.45, 2.75) is 103 Å². The first-order valence-corrected chi connectivity index (χ1v) is 11.5. The molecule has 0 saturated heterocycles. The fraction of sp³-hybridized carbons (Fsp3) is 0.870. The Bertz CT molecular complexity index is 361. The lowest BCUT2D eigenvalue weighted by atomic mass is 10.1. The van der Waals surface area contributed by atoms with Crippen LogP contribution < -0.4 is 5.32 Å². The molecular weight excluding hydrogens is 354 g/mol. The van der Waals surface area contributed by atoms with Gasteiger partial charge in [-0.2, -0.15) is 0 Å². The summed E-state index contributed by atoms with van der Waals surface area (Å²) in [5.74, 6) is 0.0592. The minimum Gasteiger partial charge on any atom is -0.394 e. The second kappa shape index (κ2) is 22.4. The topological polar surface area (TPSA) is 78.8 Å². The number of amides is 1. The van der Waals surface area contributed by atoms with Crippen molar-refractivity contribution in [2.75, 3.05) is 26.4 Å². The number of allylic oxidation sites excluding steroid dienone is 2. The number of aliphatic hydroxyl groups is 2. The summed E-state index contributed by atoms with van der Waals surface area (Å²) in [5.41, 5.74) is 0. The van der Waals surface area contributed by atoms with Crippen LogP contribution in [0.3, 0.4) is 0 Å². The van der Waals surface area contributed by atoms with Crippen LogP contribution in [0.5, 0.6) is 0 Å². The molecule has 0 spiro atoms. The third kappa shape index (κ3) is 21.4.